The van der Waals surface area contributed by atoms with E-state index in [-0.39, 0.29) is 17.9 Å². The van der Waals surface area contributed by atoms with Crippen molar-refractivity contribution >= 4 is 28.1 Å². The van der Waals surface area contributed by atoms with E-state index in [1.807, 2.05) is 13.1 Å². The predicted octanol–water partition coefficient (Wildman–Crippen LogP) is 0.298. The van der Waals surface area contributed by atoms with Crippen molar-refractivity contribution < 1.29 is 18.5 Å². The fourth-order valence-corrected chi connectivity index (χ4v) is 4.28. The zero-order chi connectivity index (χ0) is 15.9. The molecule has 1 aromatic carbocycles. The summed E-state index contributed by atoms with van der Waals surface area (Å²) in [4.78, 5) is 27.0. The van der Waals surface area contributed by atoms with Crippen LogP contribution >= 0.6 is 0 Å². The minimum absolute atomic E-state index is 0.0249. The van der Waals surface area contributed by atoms with E-state index >= 15 is 0 Å². The number of aliphatic hydroxyl groups excluding tert-OH is 1. The van der Waals surface area contributed by atoms with Gasteiger partial charge in [0.2, 0.25) is 0 Å². The minimum atomic E-state index is -1.00. The number of fused-ring (bicyclic) bond motifs is 2. The number of nitrogens with zero attached hydrogens (tertiary/aromatic N) is 1. The Kier molecular flexibility index (Phi) is 4.37. The molecule has 0 radical (unpaired) electrons. The Morgan fingerprint density at radius 1 is 1.18 bits per heavy atom. The number of hydrogen-bond donors (Lipinski definition) is 1. The average molecular weight is 368 g/mol. The van der Waals surface area contributed by atoms with Crippen LogP contribution in [0, 0.1) is 11.8 Å². The first-order valence-electron chi connectivity index (χ1n) is 7.40. The van der Waals surface area contributed by atoms with Gasteiger partial charge in [-0.05, 0) is 0 Å². The number of hydrogen-bond acceptors (Lipinski definition) is 5. The molecule has 0 aromatic heterocycles. The number of carbonyl (C=O) groups excluding carboxylic acids is 2. The normalized spacial score (nSPS) is 34.4. The topological polar surface area (TPSA) is 66.8 Å². The molecule has 22 heavy (non-hydrogen) atoms. The van der Waals surface area contributed by atoms with Crippen molar-refractivity contribution in [2.45, 2.75) is 31.0 Å². The average Bonchev–Trinajstić information content (AvgIpc) is 2.81. The summed E-state index contributed by atoms with van der Waals surface area (Å²) in [6, 6.07) is 8.87. The summed E-state index contributed by atoms with van der Waals surface area (Å²) in [6.07, 6.45) is 0.603. The van der Waals surface area contributed by atoms with E-state index in [1.165, 1.54) is 0 Å². The molecule has 0 amide bonds. The zero-order valence-corrected chi connectivity index (χ0v) is 14.1. The van der Waals surface area contributed by atoms with Crippen molar-refractivity contribution in [3.05, 3.63) is 35.9 Å². The van der Waals surface area contributed by atoms with Crippen LogP contribution in [0.15, 0.2) is 30.3 Å². The molecule has 118 valence electrons. The van der Waals surface area contributed by atoms with Crippen LogP contribution in [0.2, 0.25) is 0 Å². The van der Waals surface area contributed by atoms with E-state index in [2.05, 4.69) is 4.90 Å². The van der Waals surface area contributed by atoms with Gasteiger partial charge in [0.15, 0.2) is 0 Å². The maximum atomic E-state index is 12.9. The number of benzene rings is 1. The first kappa shape index (κ1) is 15.7. The van der Waals surface area contributed by atoms with E-state index in [0.717, 1.165) is 12.8 Å². The maximum absolute atomic E-state index is 12.9. The molecule has 3 rings (SSSR count). The Morgan fingerprint density at radius 2 is 1.77 bits per heavy atom. The van der Waals surface area contributed by atoms with Crippen molar-refractivity contribution in [1.29, 1.82) is 0 Å². The Hall–Kier alpha value is -1.20. The number of ketones is 1. The first-order valence-corrected chi connectivity index (χ1v) is 8.17. The van der Waals surface area contributed by atoms with Crippen LogP contribution in [0.1, 0.15) is 23.2 Å². The first-order chi connectivity index (χ1) is 10.6. The molecule has 5 nitrogen and oxygen atoms in total. The van der Waals surface area contributed by atoms with E-state index < -0.39 is 23.9 Å². The Morgan fingerprint density at radius 3 is 2.36 bits per heavy atom. The summed E-state index contributed by atoms with van der Waals surface area (Å²) in [5.74, 6) is -1.84. The number of carbonyl (C=O) groups is 2. The quantitative estimate of drug-likeness (QED) is 0.614. The molecule has 0 spiro atoms. The number of rotatable bonds is 3. The second-order valence-corrected chi connectivity index (χ2v) is 6.44. The van der Waals surface area contributed by atoms with Crippen LogP contribution < -0.4 is 0 Å². The third-order valence-corrected chi connectivity index (χ3v) is 5.47. The molecule has 2 fully saturated rings. The van der Waals surface area contributed by atoms with Gasteiger partial charge in [0.1, 0.15) is 0 Å². The molecule has 5 atom stereocenters. The van der Waals surface area contributed by atoms with Gasteiger partial charge in [0.25, 0.3) is 0 Å². The summed E-state index contributed by atoms with van der Waals surface area (Å²) in [5.41, 5.74) is 0.574. The van der Waals surface area contributed by atoms with Gasteiger partial charge in [-0.2, -0.15) is 0 Å². The van der Waals surface area contributed by atoms with Crippen LogP contribution in [0.3, 0.4) is 0 Å². The summed E-state index contributed by atoms with van der Waals surface area (Å²) in [6.45, 7) is 0. The van der Waals surface area contributed by atoms with Crippen LogP contribution in [0.4, 0.5) is 0 Å². The van der Waals surface area contributed by atoms with E-state index in [9.17, 15) is 14.7 Å². The summed E-state index contributed by atoms with van der Waals surface area (Å²) < 4.78 is 4.79. The molecular weight excluding hydrogens is 349 g/mol. The molecular formula is C16H19NO4Se. The third-order valence-electron chi connectivity index (χ3n) is 5.09. The van der Waals surface area contributed by atoms with Crippen LogP contribution in [0.5, 0.6) is 0 Å². The molecule has 2 heterocycles. The number of piperidine rings is 1. The van der Waals surface area contributed by atoms with E-state index in [1.54, 1.807) is 40.6 Å². The molecule has 6 heteroatoms. The van der Waals surface area contributed by atoms with Gasteiger partial charge in [0.05, 0.1) is 0 Å². The SMILES string of the molecule is CN1[C@@H]2CC[C@H]1C(C(=O)c1ccccc1)[C@H](O)[C@@H]2C(=O)O[SeH]. The van der Waals surface area contributed by atoms with Crippen LogP contribution in [0.25, 0.3) is 0 Å². The summed E-state index contributed by atoms with van der Waals surface area (Å²) in [5, 5.41) is 10.7. The van der Waals surface area contributed by atoms with Gasteiger partial charge >= 0.3 is 137 Å². The monoisotopic (exact) mass is 369 g/mol. The van der Waals surface area contributed by atoms with Crippen LogP contribution in [-0.4, -0.2) is 63.3 Å². The van der Waals surface area contributed by atoms with Crippen molar-refractivity contribution in [2.24, 2.45) is 11.8 Å². The second kappa shape index (κ2) is 6.13. The second-order valence-electron chi connectivity index (χ2n) is 6.06. The molecule has 2 bridgehead atoms. The fourth-order valence-electron chi connectivity index (χ4n) is 4.02. The molecule has 2 aliphatic heterocycles. The number of aliphatic hydroxyl groups is 1. The molecule has 2 aliphatic rings. The van der Waals surface area contributed by atoms with Gasteiger partial charge in [0, 0.05) is 0 Å². The van der Waals surface area contributed by atoms with Gasteiger partial charge < -0.3 is 0 Å². The van der Waals surface area contributed by atoms with E-state index in [0.29, 0.717) is 5.56 Å². The van der Waals surface area contributed by atoms with Crippen molar-refractivity contribution in [3.8, 4) is 0 Å². The van der Waals surface area contributed by atoms with Crippen molar-refractivity contribution in [2.75, 3.05) is 7.05 Å². The van der Waals surface area contributed by atoms with Gasteiger partial charge in [-0.25, -0.2) is 0 Å². The Bertz CT molecular complexity index is 579. The Balaban J connectivity index is 1.96. The molecule has 1 N–H and O–H groups in total. The summed E-state index contributed by atoms with van der Waals surface area (Å²) in [7, 11) is 1.92. The molecule has 1 unspecified atom stereocenters. The van der Waals surface area contributed by atoms with Crippen LogP contribution in [-0.2, 0) is 8.61 Å². The van der Waals surface area contributed by atoms with Gasteiger partial charge in [-0.15, -0.1) is 0 Å². The van der Waals surface area contributed by atoms with Gasteiger partial charge in [-0.3, -0.25) is 0 Å². The van der Waals surface area contributed by atoms with E-state index in [4.69, 9.17) is 3.82 Å². The standard InChI is InChI=1S/C16H19NO4Se/c1-17-10-7-8-11(17)13(16(20)21-22)15(19)12(10)14(18)9-5-3-2-4-6-9/h2-6,10-13,15,19,22H,7-8H2,1H3/t10-,11+,12?,13+,15-/m0/s1. The zero-order valence-electron chi connectivity index (χ0n) is 12.3. The third kappa shape index (κ3) is 2.40. The predicted molar refractivity (Wildman–Crippen MR) is 81.6 cm³/mol. The molecule has 1 aromatic rings. The fraction of sp³-hybridized carbons (Fsp3) is 0.500. The summed E-state index contributed by atoms with van der Waals surface area (Å²) >= 11 is 1.78. The Labute approximate surface area is 137 Å². The van der Waals surface area contributed by atoms with Crippen molar-refractivity contribution in [3.63, 3.8) is 0 Å². The molecule has 0 aliphatic carbocycles. The molecule has 2 saturated heterocycles. The van der Waals surface area contributed by atoms with Gasteiger partial charge in [-0.1, -0.05) is 0 Å². The molecule has 0 saturated carbocycles. The number of Topliss-reactive ketones (excluding diaryl/α,β-unsaturated/α-hetero) is 1. The van der Waals surface area contributed by atoms with Crippen molar-refractivity contribution in [1.82, 2.24) is 4.90 Å².